The quantitative estimate of drug-likeness (QED) is 0.789. The molecule has 2 aromatic rings. The van der Waals surface area contributed by atoms with Crippen molar-refractivity contribution >= 4 is 9.84 Å². The number of hydrogen-bond acceptors (Lipinski definition) is 4. The first-order chi connectivity index (χ1) is 11.2. The molecule has 5 nitrogen and oxygen atoms in total. The third-order valence-corrected chi connectivity index (χ3v) is 6.25. The zero-order chi connectivity index (χ0) is 17.3. The maximum atomic E-state index is 14.2. The molecule has 24 heavy (non-hydrogen) atoms. The molecule has 3 atom stereocenters. The average molecular weight is 361 g/mol. The van der Waals surface area contributed by atoms with E-state index < -0.39 is 50.6 Å². The molecule has 1 fully saturated rings. The summed E-state index contributed by atoms with van der Waals surface area (Å²) in [6, 6.07) is 4.79. The topological polar surface area (TPSA) is 64.8 Å². The van der Waals surface area contributed by atoms with Gasteiger partial charge in [-0.25, -0.2) is 30.7 Å². The van der Waals surface area contributed by atoms with Gasteiger partial charge in [0.1, 0.15) is 11.1 Å². The van der Waals surface area contributed by atoms with Crippen LogP contribution in [0.3, 0.4) is 0 Å². The highest BCUT2D eigenvalue weighted by Crippen LogP contribution is 2.49. The zero-order valence-corrected chi connectivity index (χ0v) is 12.9. The Kier molecular flexibility index (Phi) is 3.09. The molecule has 0 radical (unpaired) electrons. The predicted molar refractivity (Wildman–Crippen MR) is 73.6 cm³/mol. The largest absolute Gasteiger partial charge is 0.267 e. The van der Waals surface area contributed by atoms with Gasteiger partial charge >= 0.3 is 0 Å². The maximum Gasteiger partial charge on any atom is 0.267 e. The van der Waals surface area contributed by atoms with Crippen molar-refractivity contribution in [1.29, 1.82) is 0 Å². The van der Waals surface area contributed by atoms with Crippen molar-refractivity contribution in [3.8, 4) is 0 Å². The molecule has 1 aromatic carbocycles. The normalized spacial score (nSPS) is 27.9. The molecular formula is C14H11F4N3O2S. The van der Waals surface area contributed by atoms with Gasteiger partial charge in [-0.1, -0.05) is 18.2 Å². The Labute approximate surface area is 134 Å². The van der Waals surface area contributed by atoms with E-state index in [9.17, 15) is 26.0 Å². The van der Waals surface area contributed by atoms with E-state index in [2.05, 4.69) is 10.1 Å². The summed E-state index contributed by atoms with van der Waals surface area (Å²) in [4.78, 5) is 3.61. The lowest BCUT2D eigenvalue weighted by Gasteiger charge is -2.12. The van der Waals surface area contributed by atoms with Gasteiger partial charge in [-0.3, -0.25) is 0 Å². The van der Waals surface area contributed by atoms with E-state index in [-0.39, 0.29) is 17.8 Å². The number of rotatable bonds is 3. The van der Waals surface area contributed by atoms with Crippen LogP contribution in [-0.2, 0) is 9.84 Å². The van der Waals surface area contributed by atoms with Gasteiger partial charge in [0.2, 0.25) is 9.84 Å². The van der Waals surface area contributed by atoms with Gasteiger partial charge < -0.3 is 0 Å². The van der Waals surface area contributed by atoms with Crippen LogP contribution in [0.15, 0.2) is 29.4 Å². The Hall–Kier alpha value is -1.97. The molecule has 2 heterocycles. The smallest absolute Gasteiger partial charge is 0.239 e. The molecule has 10 heteroatoms. The lowest BCUT2D eigenvalue weighted by molar-refractivity contribution is 0.121. The molecule has 0 amide bonds. The van der Waals surface area contributed by atoms with Crippen molar-refractivity contribution in [2.75, 3.05) is 0 Å². The van der Waals surface area contributed by atoms with Crippen molar-refractivity contribution in [2.45, 2.75) is 41.4 Å². The van der Waals surface area contributed by atoms with Crippen LogP contribution in [0.25, 0.3) is 0 Å². The van der Waals surface area contributed by atoms with Crippen LogP contribution in [0.1, 0.15) is 36.4 Å². The second-order valence-corrected chi connectivity index (χ2v) is 7.96. The number of aromatic nitrogens is 3. The number of hydrogen-bond donors (Lipinski definition) is 0. The summed E-state index contributed by atoms with van der Waals surface area (Å²) in [6.45, 7) is 0. The van der Waals surface area contributed by atoms with Gasteiger partial charge in [-0.2, -0.15) is 4.98 Å². The monoisotopic (exact) mass is 361 g/mol. The molecule has 0 N–H and O–H groups in total. The summed E-state index contributed by atoms with van der Waals surface area (Å²) in [5.74, 6) is -4.18. The maximum absolute atomic E-state index is 14.2. The highest BCUT2D eigenvalue weighted by Gasteiger charge is 2.66. The van der Waals surface area contributed by atoms with Crippen molar-refractivity contribution in [2.24, 2.45) is 0 Å². The van der Waals surface area contributed by atoms with Gasteiger partial charge in [0.25, 0.3) is 11.1 Å². The lowest BCUT2D eigenvalue weighted by Crippen LogP contribution is -2.17. The molecule has 1 saturated carbocycles. The Morgan fingerprint density at radius 1 is 1.25 bits per heavy atom. The van der Waals surface area contributed by atoms with Crippen LogP contribution >= 0.6 is 0 Å². The first-order valence-corrected chi connectivity index (χ1v) is 8.73. The minimum atomic E-state index is -4.44. The van der Waals surface area contributed by atoms with E-state index >= 15 is 0 Å². The fraction of sp³-hybridized carbons (Fsp3) is 0.429. The summed E-state index contributed by atoms with van der Waals surface area (Å²) in [5, 5.41) is 1.01. The first kappa shape index (κ1) is 15.6. The number of nitrogens with zero attached hydrogens (tertiary/aromatic N) is 3. The molecule has 0 spiro atoms. The molecule has 1 aliphatic heterocycles. The van der Waals surface area contributed by atoms with E-state index in [0.29, 0.717) is 0 Å². The summed E-state index contributed by atoms with van der Waals surface area (Å²) in [7, 11) is -4.44. The number of alkyl halides is 3. The van der Waals surface area contributed by atoms with Gasteiger partial charge in [0, 0.05) is 18.4 Å². The summed E-state index contributed by atoms with van der Waals surface area (Å²) in [5.41, 5.74) is 0.143. The minimum absolute atomic E-state index is 0.143. The van der Waals surface area contributed by atoms with Crippen molar-refractivity contribution in [3.05, 3.63) is 41.5 Å². The van der Waals surface area contributed by atoms with Gasteiger partial charge in [0.15, 0.2) is 12.0 Å². The molecule has 0 saturated heterocycles. The second-order valence-electron chi connectivity index (χ2n) is 5.94. The minimum Gasteiger partial charge on any atom is -0.239 e. The van der Waals surface area contributed by atoms with Gasteiger partial charge in [-0.15, -0.1) is 5.10 Å². The van der Waals surface area contributed by atoms with E-state index in [1.165, 1.54) is 18.2 Å². The predicted octanol–water partition coefficient (Wildman–Crippen LogP) is 2.60. The summed E-state index contributed by atoms with van der Waals surface area (Å²) >= 11 is 0. The third kappa shape index (κ3) is 2.15. The number of halogens is 4. The lowest BCUT2D eigenvalue weighted by atomic mass is 10.0. The van der Waals surface area contributed by atoms with Crippen LogP contribution in [0, 0.1) is 5.82 Å². The van der Waals surface area contributed by atoms with E-state index in [1.807, 2.05) is 0 Å². The van der Waals surface area contributed by atoms with E-state index in [1.54, 1.807) is 6.07 Å². The molecule has 1 aromatic heterocycles. The zero-order valence-electron chi connectivity index (χ0n) is 12.0. The van der Waals surface area contributed by atoms with Crippen molar-refractivity contribution in [1.82, 2.24) is 14.8 Å². The average Bonchev–Trinajstić information content (AvgIpc) is 2.87. The third-order valence-electron chi connectivity index (χ3n) is 4.31. The van der Waals surface area contributed by atoms with Crippen LogP contribution in [0.2, 0.25) is 0 Å². The molecule has 1 aliphatic carbocycles. The number of benzene rings is 1. The van der Waals surface area contributed by atoms with Crippen LogP contribution < -0.4 is 0 Å². The summed E-state index contributed by atoms with van der Waals surface area (Å²) < 4.78 is 79.5. The van der Waals surface area contributed by atoms with E-state index in [0.717, 1.165) is 4.68 Å². The molecule has 4 rings (SSSR count). The molecule has 128 valence electrons. The van der Waals surface area contributed by atoms with Gasteiger partial charge in [0.05, 0.1) is 6.04 Å². The SMILES string of the molecule is O=S(=O)(c1nc2n(n1)[C@H](c1ccccc1F)C[C@@H]2F)C1CC1(F)F. The highest BCUT2D eigenvalue weighted by atomic mass is 32.2. The summed E-state index contributed by atoms with van der Waals surface area (Å²) in [6.07, 6.45) is -2.59. The molecule has 0 bridgehead atoms. The molecule has 1 unspecified atom stereocenters. The van der Waals surface area contributed by atoms with Crippen LogP contribution in [0.4, 0.5) is 17.6 Å². The Balaban J connectivity index is 1.76. The first-order valence-electron chi connectivity index (χ1n) is 7.18. The van der Waals surface area contributed by atoms with Crippen LogP contribution in [0.5, 0.6) is 0 Å². The second kappa shape index (κ2) is 4.78. The molecule has 2 aliphatic rings. The van der Waals surface area contributed by atoms with Crippen molar-refractivity contribution in [3.63, 3.8) is 0 Å². The Morgan fingerprint density at radius 3 is 2.54 bits per heavy atom. The fourth-order valence-corrected chi connectivity index (χ4v) is 4.51. The Bertz CT molecular complexity index is 928. The molecular weight excluding hydrogens is 350 g/mol. The number of sulfone groups is 1. The van der Waals surface area contributed by atoms with Crippen LogP contribution in [-0.4, -0.2) is 34.4 Å². The Morgan fingerprint density at radius 2 is 1.92 bits per heavy atom. The standard InChI is InChI=1S/C14H11F4N3O2S/c15-8-4-2-1-3-7(8)10-5-9(16)12-19-13(20-21(10)12)24(22,23)11-6-14(11,17)18/h1-4,9-11H,5-6H2/t9-,10-,11?/m0/s1. The number of fused-ring (bicyclic) bond motifs is 1. The van der Waals surface area contributed by atoms with Gasteiger partial charge in [-0.05, 0) is 6.07 Å². The fourth-order valence-electron chi connectivity index (χ4n) is 2.94. The van der Waals surface area contributed by atoms with E-state index in [4.69, 9.17) is 0 Å². The van der Waals surface area contributed by atoms with Crippen molar-refractivity contribution < 1.29 is 26.0 Å². The highest BCUT2D eigenvalue weighted by molar-refractivity contribution is 7.92.